The maximum atomic E-state index is 12.4. The van der Waals surface area contributed by atoms with Crippen molar-refractivity contribution in [1.29, 1.82) is 0 Å². The summed E-state index contributed by atoms with van der Waals surface area (Å²) < 4.78 is 0. The largest absolute Gasteiger partial charge is 0.349 e. The van der Waals surface area contributed by atoms with Crippen LogP contribution in [0.5, 0.6) is 0 Å². The van der Waals surface area contributed by atoms with Crippen molar-refractivity contribution in [3.8, 4) is 0 Å². The predicted octanol–water partition coefficient (Wildman–Crippen LogP) is 3.21. The molecule has 2 aromatic carbocycles. The van der Waals surface area contributed by atoms with E-state index in [1.165, 1.54) is 10.5 Å². The topological polar surface area (TPSA) is 74.8 Å². The zero-order valence-corrected chi connectivity index (χ0v) is 15.0. The normalized spacial score (nSPS) is 16.2. The number of fused-ring (bicyclic) bond motifs is 2. The van der Waals surface area contributed by atoms with Gasteiger partial charge in [-0.2, -0.15) is 0 Å². The second-order valence-corrected chi connectivity index (χ2v) is 7.46. The van der Waals surface area contributed by atoms with Gasteiger partial charge in [0.1, 0.15) is 5.82 Å². The van der Waals surface area contributed by atoms with Crippen molar-refractivity contribution in [2.24, 2.45) is 0 Å². The summed E-state index contributed by atoms with van der Waals surface area (Å²) in [5.41, 5.74) is 1.68. The summed E-state index contributed by atoms with van der Waals surface area (Å²) in [7, 11) is 0. The summed E-state index contributed by atoms with van der Waals surface area (Å²) in [6.45, 7) is 0. The Balaban J connectivity index is 1.43. The van der Waals surface area contributed by atoms with E-state index in [1.54, 1.807) is 6.07 Å². The molecule has 0 radical (unpaired) electrons. The summed E-state index contributed by atoms with van der Waals surface area (Å²) in [6.07, 6.45) is 1.64. The Morgan fingerprint density at radius 3 is 2.92 bits per heavy atom. The molecule has 0 aliphatic carbocycles. The Bertz CT molecular complexity index is 1020. The van der Waals surface area contributed by atoms with E-state index in [-0.39, 0.29) is 17.5 Å². The van der Waals surface area contributed by atoms with Crippen molar-refractivity contribution in [3.05, 3.63) is 70.3 Å². The minimum atomic E-state index is -0.163. The van der Waals surface area contributed by atoms with E-state index < -0.39 is 0 Å². The number of carbonyl (C=O) groups excluding carboxylic acids is 1. The lowest BCUT2D eigenvalue weighted by atomic mass is 10.0. The van der Waals surface area contributed by atoms with Crippen LogP contribution in [0.3, 0.4) is 0 Å². The van der Waals surface area contributed by atoms with Gasteiger partial charge < -0.3 is 10.3 Å². The molecule has 1 aliphatic rings. The number of nitrogens with zero attached hydrogens (tertiary/aromatic N) is 1. The van der Waals surface area contributed by atoms with E-state index in [2.05, 4.69) is 27.4 Å². The van der Waals surface area contributed by atoms with E-state index >= 15 is 0 Å². The number of rotatable bonds is 4. The second-order valence-electron chi connectivity index (χ2n) is 6.32. The lowest BCUT2D eigenvalue weighted by Crippen LogP contribution is -2.31. The first-order valence-corrected chi connectivity index (χ1v) is 9.68. The molecule has 1 aromatic heterocycles. The van der Waals surface area contributed by atoms with Crippen LogP contribution in [0.15, 0.2) is 58.2 Å². The molecule has 3 aromatic rings. The molecule has 0 saturated carbocycles. The van der Waals surface area contributed by atoms with Crippen LogP contribution >= 0.6 is 11.8 Å². The number of aryl methyl sites for hydroxylation is 1. The maximum Gasteiger partial charge on any atom is 0.258 e. The number of hydrogen-bond donors (Lipinski definition) is 2. The van der Waals surface area contributed by atoms with Gasteiger partial charge >= 0.3 is 0 Å². The molecule has 1 amide bonds. The molecular formula is C20H19N3O2S. The van der Waals surface area contributed by atoms with Crippen molar-refractivity contribution in [3.63, 3.8) is 0 Å². The molecular weight excluding hydrogens is 346 g/mol. The van der Waals surface area contributed by atoms with E-state index in [1.807, 2.05) is 42.1 Å². The van der Waals surface area contributed by atoms with Crippen molar-refractivity contribution >= 4 is 28.6 Å². The second kappa shape index (κ2) is 7.33. The first-order chi connectivity index (χ1) is 12.7. The zero-order valence-electron chi connectivity index (χ0n) is 14.2. The van der Waals surface area contributed by atoms with Crippen LogP contribution in [0.25, 0.3) is 10.9 Å². The van der Waals surface area contributed by atoms with Gasteiger partial charge in [0.25, 0.3) is 5.56 Å². The van der Waals surface area contributed by atoms with Gasteiger partial charge in [-0.15, -0.1) is 11.8 Å². The Morgan fingerprint density at radius 2 is 2.00 bits per heavy atom. The smallest absolute Gasteiger partial charge is 0.258 e. The highest BCUT2D eigenvalue weighted by molar-refractivity contribution is 7.99. The van der Waals surface area contributed by atoms with Crippen LogP contribution < -0.4 is 10.9 Å². The molecule has 0 spiro atoms. The summed E-state index contributed by atoms with van der Waals surface area (Å²) in [4.78, 5) is 33.0. The standard InChI is InChI=1S/C20H19N3O2S/c24-19(22-16-11-12-26-17-8-4-2-5-13(16)17)10-9-18-21-15-7-3-1-6-14(15)20(25)23-18/h1-8,16H,9-12H2,(H,22,24)(H,21,23,25)/t16-/m1/s1. The average Bonchev–Trinajstić information content (AvgIpc) is 2.67. The Hall–Kier alpha value is -2.60. The molecule has 1 aliphatic heterocycles. The van der Waals surface area contributed by atoms with Crippen LogP contribution in [0.2, 0.25) is 0 Å². The van der Waals surface area contributed by atoms with Gasteiger partial charge in [0, 0.05) is 23.5 Å². The highest BCUT2D eigenvalue weighted by Crippen LogP contribution is 2.35. The molecule has 0 unspecified atom stereocenters. The highest BCUT2D eigenvalue weighted by atomic mass is 32.2. The predicted molar refractivity (Wildman–Crippen MR) is 103 cm³/mol. The minimum absolute atomic E-state index is 0.0208. The molecule has 0 bridgehead atoms. The van der Waals surface area contributed by atoms with E-state index in [0.717, 1.165) is 12.2 Å². The quantitative estimate of drug-likeness (QED) is 0.744. The SMILES string of the molecule is O=C(CCc1nc2ccccc2c(=O)[nH]1)N[C@@H]1CCSc2ccccc21. The third kappa shape index (κ3) is 3.51. The number of para-hydroxylation sites is 1. The van der Waals surface area contributed by atoms with Crippen molar-refractivity contribution < 1.29 is 4.79 Å². The van der Waals surface area contributed by atoms with Gasteiger partial charge in [-0.05, 0) is 30.2 Å². The number of carbonyl (C=O) groups is 1. The fraction of sp³-hybridized carbons (Fsp3) is 0.250. The molecule has 0 fully saturated rings. The van der Waals surface area contributed by atoms with Crippen LogP contribution in [-0.2, 0) is 11.2 Å². The molecule has 2 heterocycles. The van der Waals surface area contributed by atoms with E-state index in [4.69, 9.17) is 0 Å². The summed E-state index contributed by atoms with van der Waals surface area (Å²) in [5, 5.41) is 3.69. The number of hydrogen-bond acceptors (Lipinski definition) is 4. The van der Waals surface area contributed by atoms with E-state index in [9.17, 15) is 9.59 Å². The van der Waals surface area contributed by atoms with Crippen LogP contribution in [0, 0.1) is 0 Å². The lowest BCUT2D eigenvalue weighted by molar-refractivity contribution is -0.121. The monoisotopic (exact) mass is 365 g/mol. The van der Waals surface area contributed by atoms with Gasteiger partial charge in [-0.25, -0.2) is 4.98 Å². The Morgan fingerprint density at radius 1 is 1.19 bits per heavy atom. The summed E-state index contributed by atoms with van der Waals surface area (Å²) in [6, 6.07) is 15.5. The molecule has 132 valence electrons. The van der Waals surface area contributed by atoms with Crippen LogP contribution in [-0.4, -0.2) is 21.6 Å². The van der Waals surface area contributed by atoms with Crippen LogP contribution in [0.4, 0.5) is 0 Å². The molecule has 0 saturated heterocycles. The number of nitrogens with one attached hydrogen (secondary N) is 2. The molecule has 1 atom stereocenters. The Labute approximate surface area is 155 Å². The molecule has 2 N–H and O–H groups in total. The maximum absolute atomic E-state index is 12.4. The molecule has 5 nitrogen and oxygen atoms in total. The third-order valence-electron chi connectivity index (χ3n) is 4.54. The van der Waals surface area contributed by atoms with E-state index in [0.29, 0.717) is 29.6 Å². The molecule has 26 heavy (non-hydrogen) atoms. The fourth-order valence-corrected chi connectivity index (χ4v) is 4.37. The first-order valence-electron chi connectivity index (χ1n) is 8.70. The summed E-state index contributed by atoms with van der Waals surface area (Å²) in [5.74, 6) is 1.53. The number of amides is 1. The number of thioether (sulfide) groups is 1. The minimum Gasteiger partial charge on any atom is -0.349 e. The van der Waals surface area contributed by atoms with Gasteiger partial charge in [-0.1, -0.05) is 30.3 Å². The highest BCUT2D eigenvalue weighted by Gasteiger charge is 2.21. The van der Waals surface area contributed by atoms with Gasteiger partial charge in [0.15, 0.2) is 0 Å². The number of aromatic nitrogens is 2. The fourth-order valence-electron chi connectivity index (χ4n) is 3.24. The number of H-pyrrole nitrogens is 1. The van der Waals surface area contributed by atoms with Gasteiger partial charge in [0.2, 0.25) is 5.91 Å². The van der Waals surface area contributed by atoms with Crippen molar-refractivity contribution in [1.82, 2.24) is 15.3 Å². The number of aromatic amines is 1. The lowest BCUT2D eigenvalue weighted by Gasteiger charge is -2.25. The molecule has 6 heteroatoms. The van der Waals surface area contributed by atoms with Crippen molar-refractivity contribution in [2.75, 3.05) is 5.75 Å². The summed E-state index contributed by atoms with van der Waals surface area (Å²) >= 11 is 1.83. The zero-order chi connectivity index (χ0) is 17.9. The van der Waals surface area contributed by atoms with Gasteiger partial charge in [0.05, 0.1) is 16.9 Å². The Kier molecular flexibility index (Phi) is 4.75. The average molecular weight is 365 g/mol. The van der Waals surface area contributed by atoms with Crippen molar-refractivity contribution in [2.45, 2.75) is 30.2 Å². The third-order valence-corrected chi connectivity index (χ3v) is 5.67. The number of benzene rings is 2. The van der Waals surface area contributed by atoms with Crippen LogP contribution in [0.1, 0.15) is 30.3 Å². The van der Waals surface area contributed by atoms with Gasteiger partial charge in [-0.3, -0.25) is 9.59 Å². The first kappa shape index (κ1) is 16.8. The molecule has 4 rings (SSSR count).